The Balaban J connectivity index is 2.92. The normalized spacial score (nSPS) is 11.6. The first-order chi connectivity index (χ1) is 7.38. The Kier molecular flexibility index (Phi) is 4.35. The first-order valence-corrected chi connectivity index (χ1v) is 6.48. The number of rotatable bonds is 3. The van der Waals surface area contributed by atoms with Crippen LogP contribution in [0.5, 0.6) is 0 Å². The monoisotopic (exact) mass is 335 g/mol. The zero-order valence-corrected chi connectivity index (χ0v) is 12.3. The van der Waals surface area contributed by atoms with Gasteiger partial charge in [-0.05, 0) is 49.8 Å². The molecule has 0 atom stereocenters. The molecule has 0 aliphatic rings. The summed E-state index contributed by atoms with van der Waals surface area (Å²) >= 11 is 2.17. The molecule has 0 aliphatic heterocycles. The van der Waals surface area contributed by atoms with E-state index < -0.39 is 0 Å². The summed E-state index contributed by atoms with van der Waals surface area (Å²) in [6.45, 7) is 8.93. The highest BCUT2D eigenvalue weighted by Gasteiger charge is 2.22. The van der Waals surface area contributed by atoms with E-state index in [1.165, 1.54) is 0 Å². The average molecular weight is 335 g/mol. The van der Waals surface area contributed by atoms with E-state index in [1.54, 1.807) is 6.20 Å². The highest BCUT2D eigenvalue weighted by molar-refractivity contribution is 14.1. The quantitative estimate of drug-likeness (QED) is 0.862. The summed E-state index contributed by atoms with van der Waals surface area (Å²) in [4.78, 5) is 11.8. The molecule has 1 aromatic rings. The van der Waals surface area contributed by atoms with Gasteiger partial charge in [0.15, 0.2) is 0 Å². The van der Waals surface area contributed by atoms with E-state index >= 15 is 0 Å². The van der Waals surface area contributed by atoms with Gasteiger partial charge in [-0.2, -0.15) is 5.10 Å². The van der Waals surface area contributed by atoms with Gasteiger partial charge < -0.3 is 5.32 Å². The van der Waals surface area contributed by atoms with Crippen LogP contribution >= 0.6 is 22.6 Å². The average Bonchev–Trinajstić information content (AvgIpc) is 2.56. The predicted octanol–water partition coefficient (Wildman–Crippen LogP) is 2.38. The smallest absolute Gasteiger partial charge is 0.255 e. The molecule has 16 heavy (non-hydrogen) atoms. The summed E-state index contributed by atoms with van der Waals surface area (Å²) in [5.74, 6) is -0.0400. The standard InChI is InChI=1S/C11H18IN3O/c1-5-6-13-10(16)8-7-14-15(9(8)12)11(2,3)4/h7H,5-6H2,1-4H3,(H,13,16). The van der Waals surface area contributed by atoms with Gasteiger partial charge in [-0.25, -0.2) is 0 Å². The molecule has 5 heteroatoms. The molecule has 0 saturated carbocycles. The maximum Gasteiger partial charge on any atom is 0.255 e. The lowest BCUT2D eigenvalue weighted by atomic mass is 10.1. The molecule has 90 valence electrons. The summed E-state index contributed by atoms with van der Waals surface area (Å²) in [6, 6.07) is 0. The van der Waals surface area contributed by atoms with Gasteiger partial charge in [0.2, 0.25) is 0 Å². The van der Waals surface area contributed by atoms with E-state index in [0.717, 1.165) is 10.1 Å². The topological polar surface area (TPSA) is 46.9 Å². The van der Waals surface area contributed by atoms with Gasteiger partial charge in [0, 0.05) is 6.54 Å². The van der Waals surface area contributed by atoms with Crippen LogP contribution in [-0.2, 0) is 5.54 Å². The van der Waals surface area contributed by atoms with Crippen LogP contribution in [0.2, 0.25) is 0 Å². The number of nitrogens with one attached hydrogen (secondary N) is 1. The molecule has 1 amide bonds. The highest BCUT2D eigenvalue weighted by atomic mass is 127. The maximum absolute atomic E-state index is 11.8. The number of hydrogen-bond acceptors (Lipinski definition) is 2. The summed E-state index contributed by atoms with van der Waals surface area (Å²) in [5, 5.41) is 7.12. The minimum absolute atomic E-state index is 0.0400. The number of aromatic nitrogens is 2. The van der Waals surface area contributed by atoms with Crippen LogP contribution in [0.15, 0.2) is 6.20 Å². The molecule has 1 heterocycles. The molecule has 0 saturated heterocycles. The van der Waals surface area contributed by atoms with Gasteiger partial charge in [-0.3, -0.25) is 9.48 Å². The molecule has 1 aromatic heterocycles. The highest BCUT2D eigenvalue weighted by Crippen LogP contribution is 2.20. The van der Waals surface area contributed by atoms with Crippen molar-refractivity contribution in [2.24, 2.45) is 0 Å². The van der Waals surface area contributed by atoms with Crippen LogP contribution in [-0.4, -0.2) is 22.2 Å². The van der Waals surface area contributed by atoms with Crippen molar-refractivity contribution in [1.29, 1.82) is 0 Å². The van der Waals surface area contributed by atoms with Crippen molar-refractivity contribution in [3.63, 3.8) is 0 Å². The summed E-state index contributed by atoms with van der Waals surface area (Å²) < 4.78 is 2.76. The van der Waals surface area contributed by atoms with Gasteiger partial charge in [0.25, 0.3) is 5.91 Å². The first-order valence-electron chi connectivity index (χ1n) is 5.40. The van der Waals surface area contributed by atoms with Crippen molar-refractivity contribution < 1.29 is 4.79 Å². The van der Waals surface area contributed by atoms with Crippen molar-refractivity contribution in [1.82, 2.24) is 15.1 Å². The zero-order valence-electron chi connectivity index (χ0n) is 10.2. The van der Waals surface area contributed by atoms with Crippen LogP contribution in [0.3, 0.4) is 0 Å². The first kappa shape index (κ1) is 13.5. The second-order valence-corrected chi connectivity index (χ2v) is 5.71. The lowest BCUT2D eigenvalue weighted by Crippen LogP contribution is -2.27. The Morgan fingerprint density at radius 3 is 2.62 bits per heavy atom. The van der Waals surface area contributed by atoms with Crippen molar-refractivity contribution in [3.8, 4) is 0 Å². The van der Waals surface area contributed by atoms with Gasteiger partial charge in [0.05, 0.1) is 17.3 Å². The number of hydrogen-bond donors (Lipinski definition) is 1. The SMILES string of the molecule is CCCNC(=O)c1cnn(C(C)(C)C)c1I. The van der Waals surface area contributed by atoms with Crippen molar-refractivity contribution in [2.75, 3.05) is 6.54 Å². The third kappa shape index (κ3) is 2.96. The van der Waals surface area contributed by atoms with Crippen LogP contribution in [0, 0.1) is 3.70 Å². The third-order valence-electron chi connectivity index (χ3n) is 2.13. The summed E-state index contributed by atoms with van der Waals surface area (Å²) in [6.07, 6.45) is 2.58. The Morgan fingerprint density at radius 2 is 2.19 bits per heavy atom. The Labute approximate surface area is 110 Å². The van der Waals surface area contributed by atoms with E-state index in [9.17, 15) is 4.79 Å². The fourth-order valence-corrected chi connectivity index (χ4v) is 2.52. The maximum atomic E-state index is 11.8. The van der Waals surface area contributed by atoms with E-state index in [-0.39, 0.29) is 11.4 Å². The van der Waals surface area contributed by atoms with Gasteiger partial charge in [0.1, 0.15) is 3.70 Å². The molecular formula is C11H18IN3O. The van der Waals surface area contributed by atoms with Crippen LogP contribution in [0.4, 0.5) is 0 Å². The third-order valence-corrected chi connectivity index (χ3v) is 3.16. The van der Waals surface area contributed by atoms with Crippen molar-refractivity contribution in [3.05, 3.63) is 15.5 Å². The van der Waals surface area contributed by atoms with Crippen molar-refractivity contribution in [2.45, 2.75) is 39.7 Å². The fourth-order valence-electron chi connectivity index (χ4n) is 1.29. The van der Waals surface area contributed by atoms with Gasteiger partial charge >= 0.3 is 0 Å². The van der Waals surface area contributed by atoms with Crippen LogP contribution in [0.1, 0.15) is 44.5 Å². The Hall–Kier alpha value is -0.590. The molecule has 1 N–H and O–H groups in total. The predicted molar refractivity (Wildman–Crippen MR) is 72.6 cm³/mol. The van der Waals surface area contributed by atoms with Gasteiger partial charge in [-0.15, -0.1) is 0 Å². The second kappa shape index (κ2) is 5.16. The molecule has 4 nitrogen and oxygen atoms in total. The molecule has 0 radical (unpaired) electrons. The molecule has 0 unspecified atom stereocenters. The van der Waals surface area contributed by atoms with E-state index in [2.05, 4.69) is 53.8 Å². The van der Waals surface area contributed by atoms with Gasteiger partial charge in [-0.1, -0.05) is 6.92 Å². The Morgan fingerprint density at radius 1 is 1.56 bits per heavy atom. The van der Waals surface area contributed by atoms with E-state index in [0.29, 0.717) is 12.1 Å². The van der Waals surface area contributed by atoms with Crippen molar-refractivity contribution >= 4 is 28.5 Å². The summed E-state index contributed by atoms with van der Waals surface area (Å²) in [7, 11) is 0. The zero-order chi connectivity index (χ0) is 12.3. The minimum atomic E-state index is -0.0974. The number of nitrogens with zero attached hydrogens (tertiary/aromatic N) is 2. The number of halogens is 1. The molecule has 0 aromatic carbocycles. The second-order valence-electron chi connectivity index (χ2n) is 4.69. The van der Waals surface area contributed by atoms with E-state index in [4.69, 9.17) is 0 Å². The molecule has 0 spiro atoms. The van der Waals surface area contributed by atoms with Crippen LogP contribution in [0.25, 0.3) is 0 Å². The fraction of sp³-hybridized carbons (Fsp3) is 0.636. The molecular weight excluding hydrogens is 317 g/mol. The Bertz CT molecular complexity index is 379. The molecule has 0 fully saturated rings. The molecule has 1 rings (SSSR count). The molecule has 0 bridgehead atoms. The number of carbonyl (C=O) groups is 1. The van der Waals surface area contributed by atoms with Crippen LogP contribution < -0.4 is 5.32 Å². The van der Waals surface area contributed by atoms with E-state index in [1.807, 2.05) is 11.6 Å². The number of carbonyl (C=O) groups excluding carboxylic acids is 1. The number of amides is 1. The largest absolute Gasteiger partial charge is 0.352 e. The summed E-state index contributed by atoms with van der Waals surface area (Å²) in [5.41, 5.74) is 0.559. The minimum Gasteiger partial charge on any atom is -0.352 e. The molecule has 0 aliphatic carbocycles. The lowest BCUT2D eigenvalue weighted by molar-refractivity contribution is 0.0952. The lowest BCUT2D eigenvalue weighted by Gasteiger charge is -2.20.